The standard InChI is InChI=1S/C19H35NO3Si/c1-11(2)14-10-12(3)16(23-24(8,9)19(5,6)7)13(4)15-17(14)22-18(21)20-15/h10-13,15-17H,1-9H3,(H,20,21)/t12-,13+,15+,16-,17-/m1/s1. The van der Waals surface area contributed by atoms with Crippen molar-refractivity contribution in [2.45, 2.75) is 84.8 Å². The zero-order chi connectivity index (χ0) is 18.4. The van der Waals surface area contributed by atoms with E-state index in [2.05, 4.69) is 73.0 Å². The van der Waals surface area contributed by atoms with Crippen LogP contribution in [0.3, 0.4) is 0 Å². The molecule has 0 radical (unpaired) electrons. The smallest absolute Gasteiger partial charge is 0.408 e. The van der Waals surface area contributed by atoms with Crippen molar-refractivity contribution >= 4 is 14.4 Å². The number of nitrogens with one attached hydrogen (secondary N) is 1. The first-order valence-electron chi connectivity index (χ1n) is 9.21. The predicted octanol–water partition coefficient (Wildman–Crippen LogP) is 4.72. The summed E-state index contributed by atoms with van der Waals surface area (Å²) in [5.74, 6) is 0.863. The molecule has 5 heteroatoms. The number of ether oxygens (including phenoxy) is 1. The fourth-order valence-electron chi connectivity index (χ4n) is 3.55. The van der Waals surface area contributed by atoms with Gasteiger partial charge in [-0.15, -0.1) is 0 Å². The first-order valence-corrected chi connectivity index (χ1v) is 12.1. The van der Waals surface area contributed by atoms with Gasteiger partial charge in [0.1, 0.15) is 6.10 Å². The highest BCUT2D eigenvalue weighted by molar-refractivity contribution is 6.74. The molecular formula is C19H35NO3Si. The second kappa shape index (κ2) is 6.49. The summed E-state index contributed by atoms with van der Waals surface area (Å²) < 4.78 is 12.4. The molecule has 1 aliphatic heterocycles. The van der Waals surface area contributed by atoms with Gasteiger partial charge in [-0.2, -0.15) is 0 Å². The molecule has 0 unspecified atom stereocenters. The number of fused-ring (bicyclic) bond motifs is 1. The van der Waals surface area contributed by atoms with Gasteiger partial charge in [-0.3, -0.25) is 0 Å². The van der Waals surface area contributed by atoms with Crippen LogP contribution in [-0.2, 0) is 9.16 Å². The van der Waals surface area contributed by atoms with E-state index >= 15 is 0 Å². The molecule has 1 heterocycles. The van der Waals surface area contributed by atoms with Gasteiger partial charge in [-0.1, -0.05) is 54.5 Å². The normalized spacial score (nSPS) is 34.3. The van der Waals surface area contributed by atoms with Gasteiger partial charge in [0.15, 0.2) is 8.32 Å². The van der Waals surface area contributed by atoms with E-state index in [1.807, 2.05) is 0 Å². The lowest BCUT2D eigenvalue weighted by Crippen LogP contribution is -2.51. The topological polar surface area (TPSA) is 47.6 Å². The average Bonchev–Trinajstić information content (AvgIpc) is 2.77. The Morgan fingerprint density at radius 1 is 1.25 bits per heavy atom. The van der Waals surface area contributed by atoms with Crippen molar-refractivity contribution < 1.29 is 14.0 Å². The molecular weight excluding hydrogens is 318 g/mol. The van der Waals surface area contributed by atoms with Crippen LogP contribution >= 0.6 is 0 Å². The molecule has 0 bridgehead atoms. The largest absolute Gasteiger partial charge is 0.439 e. The molecule has 24 heavy (non-hydrogen) atoms. The Balaban J connectivity index is 2.38. The Morgan fingerprint density at radius 3 is 2.33 bits per heavy atom. The molecule has 0 spiro atoms. The van der Waals surface area contributed by atoms with Gasteiger partial charge < -0.3 is 14.5 Å². The van der Waals surface area contributed by atoms with Crippen LogP contribution in [0.5, 0.6) is 0 Å². The molecule has 0 saturated carbocycles. The third kappa shape index (κ3) is 3.57. The van der Waals surface area contributed by atoms with E-state index < -0.39 is 8.32 Å². The Bertz CT molecular complexity index is 521. The number of carbonyl (C=O) groups is 1. The molecule has 1 saturated heterocycles. The van der Waals surface area contributed by atoms with E-state index in [4.69, 9.17) is 9.16 Å². The van der Waals surface area contributed by atoms with Gasteiger partial charge in [0.05, 0.1) is 12.1 Å². The molecule has 0 aromatic heterocycles. The van der Waals surface area contributed by atoms with Gasteiger partial charge in [-0.05, 0) is 35.5 Å². The Hall–Kier alpha value is -0.813. The maximum absolute atomic E-state index is 11.9. The molecule has 1 amide bonds. The number of rotatable bonds is 3. The molecule has 138 valence electrons. The molecule has 2 aliphatic rings. The van der Waals surface area contributed by atoms with E-state index in [1.165, 1.54) is 5.57 Å². The molecule has 0 aromatic carbocycles. The zero-order valence-electron chi connectivity index (χ0n) is 16.8. The van der Waals surface area contributed by atoms with Crippen molar-refractivity contribution in [1.29, 1.82) is 0 Å². The highest BCUT2D eigenvalue weighted by Crippen LogP contribution is 2.42. The zero-order valence-corrected chi connectivity index (χ0v) is 17.8. The SMILES string of the molecule is CC(C)C1=C[C@@H](C)[C@@H](O[Si](C)(C)C(C)(C)C)[C@@H](C)[C@@H]2NC(=O)O[C@H]12. The van der Waals surface area contributed by atoms with Crippen molar-refractivity contribution in [3.8, 4) is 0 Å². The third-order valence-electron chi connectivity index (χ3n) is 6.14. The summed E-state index contributed by atoms with van der Waals surface area (Å²) in [7, 11) is -1.89. The maximum Gasteiger partial charge on any atom is 0.408 e. The van der Waals surface area contributed by atoms with Crippen molar-refractivity contribution in [1.82, 2.24) is 5.32 Å². The second-order valence-corrected chi connectivity index (χ2v) is 14.1. The van der Waals surface area contributed by atoms with Crippen LogP contribution in [0.1, 0.15) is 48.5 Å². The lowest BCUT2D eigenvalue weighted by Gasteiger charge is -2.43. The van der Waals surface area contributed by atoms with Crippen molar-refractivity contribution in [2.75, 3.05) is 0 Å². The molecule has 4 nitrogen and oxygen atoms in total. The van der Waals surface area contributed by atoms with Crippen LogP contribution in [0.25, 0.3) is 0 Å². The molecule has 1 N–H and O–H groups in total. The summed E-state index contributed by atoms with van der Waals surface area (Å²) in [4.78, 5) is 11.9. The number of alkyl carbamates (subject to hydrolysis) is 1. The van der Waals surface area contributed by atoms with Gasteiger partial charge in [0, 0.05) is 5.92 Å². The van der Waals surface area contributed by atoms with Crippen LogP contribution in [0.15, 0.2) is 11.6 Å². The van der Waals surface area contributed by atoms with Gasteiger partial charge in [-0.25, -0.2) is 4.79 Å². The van der Waals surface area contributed by atoms with Crippen molar-refractivity contribution in [2.24, 2.45) is 17.8 Å². The first-order chi connectivity index (χ1) is 10.8. The molecule has 1 aliphatic carbocycles. The summed E-state index contributed by atoms with van der Waals surface area (Å²) in [5, 5.41) is 3.20. The van der Waals surface area contributed by atoms with Gasteiger partial charge >= 0.3 is 6.09 Å². The van der Waals surface area contributed by atoms with Gasteiger partial charge in [0.2, 0.25) is 0 Å². The Labute approximate surface area is 148 Å². The minimum atomic E-state index is -1.89. The molecule has 1 fully saturated rings. The van der Waals surface area contributed by atoms with Crippen LogP contribution < -0.4 is 5.32 Å². The van der Waals surface area contributed by atoms with Crippen molar-refractivity contribution in [3.05, 3.63) is 11.6 Å². The summed E-state index contributed by atoms with van der Waals surface area (Å²) >= 11 is 0. The summed E-state index contributed by atoms with van der Waals surface area (Å²) in [6.07, 6.45) is 1.92. The fraction of sp³-hybridized carbons (Fsp3) is 0.842. The van der Waals surface area contributed by atoms with E-state index in [9.17, 15) is 4.79 Å². The van der Waals surface area contributed by atoms with Gasteiger partial charge in [0.25, 0.3) is 0 Å². The number of carbonyl (C=O) groups excluding carboxylic acids is 1. The van der Waals surface area contributed by atoms with E-state index in [0.717, 1.165) is 0 Å². The minimum Gasteiger partial charge on any atom is -0.439 e. The Kier molecular flexibility index (Phi) is 5.27. The number of hydrogen-bond donors (Lipinski definition) is 1. The van der Waals surface area contributed by atoms with E-state index in [1.54, 1.807) is 0 Å². The average molecular weight is 354 g/mol. The highest BCUT2D eigenvalue weighted by Gasteiger charge is 2.49. The molecule has 0 aromatic rings. The van der Waals surface area contributed by atoms with E-state index in [0.29, 0.717) is 11.8 Å². The third-order valence-corrected chi connectivity index (χ3v) is 10.6. The predicted molar refractivity (Wildman–Crippen MR) is 101 cm³/mol. The lowest BCUT2D eigenvalue weighted by molar-refractivity contribution is 0.0687. The highest BCUT2D eigenvalue weighted by atomic mass is 28.4. The Morgan fingerprint density at radius 2 is 1.83 bits per heavy atom. The second-order valence-electron chi connectivity index (χ2n) is 9.38. The number of amides is 1. The fourth-order valence-corrected chi connectivity index (χ4v) is 5.01. The number of hydrogen-bond acceptors (Lipinski definition) is 3. The summed E-state index contributed by atoms with van der Waals surface area (Å²) in [6.45, 7) is 20.2. The van der Waals surface area contributed by atoms with E-state index in [-0.39, 0.29) is 35.3 Å². The quantitative estimate of drug-likeness (QED) is 0.590. The molecule has 5 atom stereocenters. The lowest BCUT2D eigenvalue weighted by atomic mass is 9.87. The minimum absolute atomic E-state index is 0.00846. The van der Waals surface area contributed by atoms with Crippen LogP contribution in [0, 0.1) is 17.8 Å². The molecule has 2 rings (SSSR count). The summed E-state index contributed by atoms with van der Waals surface area (Å²) in [6, 6.07) is -0.00846. The maximum atomic E-state index is 11.9. The first kappa shape index (κ1) is 19.5. The van der Waals surface area contributed by atoms with Crippen LogP contribution in [-0.4, -0.2) is 32.7 Å². The van der Waals surface area contributed by atoms with Crippen LogP contribution in [0.2, 0.25) is 18.1 Å². The van der Waals surface area contributed by atoms with Crippen LogP contribution in [0.4, 0.5) is 4.79 Å². The van der Waals surface area contributed by atoms with Crippen molar-refractivity contribution in [3.63, 3.8) is 0 Å². The monoisotopic (exact) mass is 353 g/mol. The summed E-state index contributed by atoms with van der Waals surface area (Å²) in [5.41, 5.74) is 1.22.